The second kappa shape index (κ2) is 15.8. The Hall–Kier alpha value is -2.24. The highest BCUT2D eigenvalue weighted by Gasteiger charge is 2.07. The molecular formula is C22H35NO5. The van der Waals surface area contributed by atoms with Crippen LogP contribution in [0.5, 0.6) is 5.75 Å². The number of carbonyl (C=O) groups excluding carboxylic acids is 2. The smallest absolute Gasteiger partial charge is 0.449 e. The third-order valence-corrected chi connectivity index (χ3v) is 4.25. The second-order valence-corrected chi connectivity index (χ2v) is 6.81. The van der Waals surface area contributed by atoms with E-state index in [-0.39, 0.29) is 0 Å². The van der Waals surface area contributed by atoms with E-state index in [9.17, 15) is 9.59 Å². The van der Waals surface area contributed by atoms with Gasteiger partial charge >= 0.3 is 12.2 Å². The number of nitrogens with one attached hydrogen (secondary N) is 1. The minimum atomic E-state index is -0.710. The molecular weight excluding hydrogens is 358 g/mol. The van der Waals surface area contributed by atoms with Gasteiger partial charge in [0.25, 0.3) is 0 Å². The van der Waals surface area contributed by atoms with Gasteiger partial charge in [-0.3, -0.25) is 5.32 Å². The lowest BCUT2D eigenvalue weighted by Crippen LogP contribution is -2.14. The molecule has 6 heteroatoms. The first-order chi connectivity index (χ1) is 13.7. The summed E-state index contributed by atoms with van der Waals surface area (Å²) in [5, 5.41) is 2.65. The first-order valence-electron chi connectivity index (χ1n) is 10.5. The molecule has 0 saturated carbocycles. The van der Waals surface area contributed by atoms with Gasteiger partial charge in [-0.2, -0.15) is 0 Å². The van der Waals surface area contributed by atoms with Gasteiger partial charge in [0.1, 0.15) is 5.75 Å². The summed E-state index contributed by atoms with van der Waals surface area (Å²) in [5.41, 5.74) is 0.577. The Balaban J connectivity index is 2.18. The summed E-state index contributed by atoms with van der Waals surface area (Å²) in [6.45, 7) is 5.11. The van der Waals surface area contributed by atoms with Crippen molar-refractivity contribution in [3.05, 3.63) is 24.3 Å². The highest BCUT2D eigenvalue weighted by Crippen LogP contribution is 2.16. The average Bonchev–Trinajstić information content (AvgIpc) is 2.69. The van der Waals surface area contributed by atoms with E-state index in [1.165, 1.54) is 32.1 Å². The van der Waals surface area contributed by atoms with Gasteiger partial charge in [0, 0.05) is 5.69 Å². The zero-order valence-electron chi connectivity index (χ0n) is 17.3. The summed E-state index contributed by atoms with van der Waals surface area (Å²) in [6.07, 6.45) is 9.78. The fraction of sp³-hybridized carbons (Fsp3) is 0.636. The highest BCUT2D eigenvalue weighted by molar-refractivity contribution is 5.84. The number of anilines is 1. The Morgan fingerprint density at radius 1 is 0.750 bits per heavy atom. The molecule has 158 valence electrons. The van der Waals surface area contributed by atoms with E-state index in [2.05, 4.69) is 19.2 Å². The summed E-state index contributed by atoms with van der Waals surface area (Å²) in [6, 6.07) is 6.50. The van der Waals surface area contributed by atoms with E-state index in [1.807, 2.05) is 0 Å². The van der Waals surface area contributed by atoms with Crippen molar-refractivity contribution < 1.29 is 23.8 Å². The quantitative estimate of drug-likeness (QED) is 0.216. The summed E-state index contributed by atoms with van der Waals surface area (Å²) < 4.78 is 15.3. The maximum Gasteiger partial charge on any atom is 0.513 e. The Morgan fingerprint density at radius 2 is 1.29 bits per heavy atom. The molecule has 1 rings (SSSR count). The Bertz CT molecular complexity index is 495. The van der Waals surface area contributed by atoms with E-state index in [4.69, 9.17) is 14.2 Å². The normalized spacial score (nSPS) is 10.4. The maximum atomic E-state index is 11.7. The van der Waals surface area contributed by atoms with E-state index in [0.717, 1.165) is 32.1 Å². The van der Waals surface area contributed by atoms with Crippen LogP contribution in [0.15, 0.2) is 24.3 Å². The third-order valence-electron chi connectivity index (χ3n) is 4.25. The second-order valence-electron chi connectivity index (χ2n) is 6.81. The van der Waals surface area contributed by atoms with Crippen LogP contribution in [0, 0.1) is 0 Å². The lowest BCUT2D eigenvalue weighted by Gasteiger charge is -2.08. The van der Waals surface area contributed by atoms with Crippen molar-refractivity contribution in [3.8, 4) is 5.75 Å². The van der Waals surface area contributed by atoms with Crippen LogP contribution >= 0.6 is 0 Å². The molecule has 0 atom stereocenters. The molecule has 0 unspecified atom stereocenters. The Morgan fingerprint density at radius 3 is 1.86 bits per heavy atom. The van der Waals surface area contributed by atoms with Gasteiger partial charge in [-0.1, -0.05) is 65.2 Å². The zero-order chi connectivity index (χ0) is 20.5. The van der Waals surface area contributed by atoms with Crippen LogP contribution in [0.4, 0.5) is 15.3 Å². The van der Waals surface area contributed by atoms with E-state index < -0.39 is 12.2 Å². The van der Waals surface area contributed by atoms with Crippen molar-refractivity contribution in [3.63, 3.8) is 0 Å². The highest BCUT2D eigenvalue weighted by atomic mass is 16.7. The van der Waals surface area contributed by atoms with Crippen molar-refractivity contribution in [1.82, 2.24) is 0 Å². The van der Waals surface area contributed by atoms with Gasteiger partial charge in [-0.15, -0.1) is 0 Å². The number of rotatable bonds is 14. The molecule has 0 radical (unpaired) electrons. The van der Waals surface area contributed by atoms with Crippen LogP contribution in [0.2, 0.25) is 0 Å². The topological polar surface area (TPSA) is 73.9 Å². The number of amides is 1. The van der Waals surface area contributed by atoms with Crippen LogP contribution in [-0.4, -0.2) is 25.5 Å². The molecule has 0 aromatic heterocycles. The van der Waals surface area contributed by atoms with Gasteiger partial charge in [0.15, 0.2) is 0 Å². The van der Waals surface area contributed by atoms with Crippen molar-refractivity contribution in [2.75, 3.05) is 18.5 Å². The molecule has 0 fully saturated rings. The molecule has 1 aromatic carbocycles. The molecule has 1 N–H and O–H groups in total. The van der Waals surface area contributed by atoms with Crippen LogP contribution in [0.3, 0.4) is 0 Å². The van der Waals surface area contributed by atoms with Gasteiger partial charge in [-0.05, 0) is 37.1 Å². The molecule has 0 heterocycles. The number of unbranched alkanes of at least 4 members (excludes halogenated alkanes) is 8. The van der Waals surface area contributed by atoms with Crippen molar-refractivity contribution >= 4 is 17.9 Å². The maximum absolute atomic E-state index is 11.7. The molecule has 0 aliphatic carbocycles. The minimum absolute atomic E-state index is 0.367. The van der Waals surface area contributed by atoms with E-state index >= 15 is 0 Å². The number of ether oxygens (including phenoxy) is 3. The predicted octanol–water partition coefficient (Wildman–Crippen LogP) is 6.69. The van der Waals surface area contributed by atoms with Crippen molar-refractivity contribution in [1.29, 1.82) is 0 Å². The molecule has 0 aliphatic heterocycles. The molecule has 1 aromatic rings. The standard InChI is InChI=1S/C22H35NO5/c1-3-5-7-9-11-17-26-21(24)23-19-13-15-20(16-14-19)28-22(25)27-18-12-10-8-6-4-2/h13-16H,3-12,17-18H2,1-2H3,(H,23,24). The molecule has 0 aliphatic rings. The van der Waals surface area contributed by atoms with Crippen molar-refractivity contribution in [2.24, 2.45) is 0 Å². The number of hydrogen-bond donors (Lipinski definition) is 1. The Labute approximate surface area is 168 Å². The molecule has 1 amide bonds. The average molecular weight is 394 g/mol. The van der Waals surface area contributed by atoms with Crippen LogP contribution in [0.25, 0.3) is 0 Å². The summed E-state index contributed by atoms with van der Waals surface area (Å²) in [4.78, 5) is 23.4. The lowest BCUT2D eigenvalue weighted by atomic mass is 10.2. The van der Waals surface area contributed by atoms with E-state index in [0.29, 0.717) is 24.7 Å². The van der Waals surface area contributed by atoms with Gasteiger partial charge in [0.2, 0.25) is 0 Å². The van der Waals surface area contributed by atoms with Crippen molar-refractivity contribution in [2.45, 2.75) is 78.1 Å². The number of hydrogen-bond acceptors (Lipinski definition) is 5. The molecule has 0 spiro atoms. The van der Waals surface area contributed by atoms with Crippen LogP contribution in [0.1, 0.15) is 78.1 Å². The third kappa shape index (κ3) is 12.2. The fourth-order valence-electron chi connectivity index (χ4n) is 2.62. The first kappa shape index (κ1) is 23.8. The molecule has 0 saturated heterocycles. The van der Waals surface area contributed by atoms with Gasteiger partial charge in [-0.25, -0.2) is 9.59 Å². The predicted molar refractivity (Wildman–Crippen MR) is 111 cm³/mol. The zero-order valence-corrected chi connectivity index (χ0v) is 17.3. The summed E-state index contributed by atoms with van der Waals surface area (Å²) in [7, 11) is 0. The summed E-state index contributed by atoms with van der Waals surface area (Å²) in [5.74, 6) is 0.367. The van der Waals surface area contributed by atoms with Gasteiger partial charge < -0.3 is 14.2 Å². The molecule has 28 heavy (non-hydrogen) atoms. The van der Waals surface area contributed by atoms with Crippen LogP contribution < -0.4 is 10.1 Å². The van der Waals surface area contributed by atoms with Crippen LogP contribution in [-0.2, 0) is 9.47 Å². The molecule has 0 bridgehead atoms. The van der Waals surface area contributed by atoms with E-state index in [1.54, 1.807) is 24.3 Å². The number of benzene rings is 1. The monoisotopic (exact) mass is 393 g/mol. The molecule has 6 nitrogen and oxygen atoms in total. The SMILES string of the molecule is CCCCCCCOC(=O)Nc1ccc(OC(=O)OCCCCCCC)cc1. The Kier molecular flexibility index (Phi) is 13.4. The largest absolute Gasteiger partial charge is 0.513 e. The fourth-order valence-corrected chi connectivity index (χ4v) is 2.62. The first-order valence-corrected chi connectivity index (χ1v) is 10.5. The minimum Gasteiger partial charge on any atom is -0.449 e. The number of carbonyl (C=O) groups is 2. The van der Waals surface area contributed by atoms with Gasteiger partial charge in [0.05, 0.1) is 13.2 Å². The lowest BCUT2D eigenvalue weighted by molar-refractivity contribution is 0.0973. The summed E-state index contributed by atoms with van der Waals surface area (Å²) >= 11 is 0.